The van der Waals surface area contributed by atoms with Crippen LogP contribution >= 0.6 is 0 Å². The van der Waals surface area contributed by atoms with Crippen LogP contribution in [0.4, 0.5) is 0 Å². The molecule has 2 heterocycles. The van der Waals surface area contributed by atoms with Gasteiger partial charge in [-0.15, -0.1) is 4.40 Å². The van der Waals surface area contributed by atoms with Gasteiger partial charge in [0, 0.05) is 6.04 Å². The van der Waals surface area contributed by atoms with E-state index in [0.29, 0.717) is 6.04 Å². The Balaban J connectivity index is 1.77. The molecule has 1 N–H and O–H groups in total. The van der Waals surface area contributed by atoms with Gasteiger partial charge in [-0.2, -0.15) is 4.28 Å². The molecular weight excluding hydrogens is 226 g/mol. The molecule has 5 nitrogen and oxygen atoms in total. The molecule has 16 heavy (non-hydrogen) atoms. The molecule has 1 saturated carbocycles. The first kappa shape index (κ1) is 10.7. The van der Waals surface area contributed by atoms with Crippen LogP contribution in [0.25, 0.3) is 0 Å². The highest BCUT2D eigenvalue weighted by Gasteiger charge is 2.43. The molecule has 0 spiro atoms. The van der Waals surface area contributed by atoms with E-state index in [1.165, 1.54) is 25.7 Å². The highest BCUT2D eigenvalue weighted by molar-refractivity contribution is 7.79. The monoisotopic (exact) mass is 243 g/mol. The third-order valence-electron chi connectivity index (χ3n) is 4.12. The topological polar surface area (TPSA) is 53.9 Å². The summed E-state index contributed by atoms with van der Waals surface area (Å²) in [6.45, 7) is 0. The number of nitrogens with zero attached hydrogens (tertiary/aromatic N) is 2. The summed E-state index contributed by atoms with van der Waals surface area (Å²) < 4.78 is 19.8. The van der Waals surface area contributed by atoms with E-state index in [-0.39, 0.29) is 6.04 Å². The average molecular weight is 243 g/mol. The third kappa shape index (κ3) is 1.69. The Bertz CT molecular complexity index is 347. The Morgan fingerprint density at radius 2 is 2.31 bits per heavy atom. The van der Waals surface area contributed by atoms with Gasteiger partial charge in [-0.25, -0.2) is 9.69 Å². The minimum atomic E-state index is -1.52. The van der Waals surface area contributed by atoms with Crippen molar-refractivity contribution in [3.63, 3.8) is 0 Å². The summed E-state index contributed by atoms with van der Waals surface area (Å²) in [6.07, 6.45) is 6.41. The fourth-order valence-corrected chi connectivity index (χ4v) is 3.83. The van der Waals surface area contributed by atoms with Crippen molar-refractivity contribution < 1.29 is 8.49 Å². The van der Waals surface area contributed by atoms with Crippen LogP contribution < -0.4 is 5.48 Å². The molecule has 3 rings (SSSR count). The summed E-state index contributed by atoms with van der Waals surface area (Å²) in [6, 6.07) is 0.942. The summed E-state index contributed by atoms with van der Waals surface area (Å²) in [5, 5.41) is 0. The van der Waals surface area contributed by atoms with Crippen LogP contribution in [0.3, 0.4) is 0 Å². The summed E-state index contributed by atoms with van der Waals surface area (Å²) in [5.74, 6) is 1.53. The van der Waals surface area contributed by atoms with Crippen molar-refractivity contribution in [2.75, 3.05) is 7.05 Å². The molecule has 0 aromatic rings. The van der Waals surface area contributed by atoms with Crippen LogP contribution in [0.15, 0.2) is 4.40 Å². The smallest absolute Gasteiger partial charge is 0.293 e. The Morgan fingerprint density at radius 1 is 1.50 bits per heavy atom. The zero-order chi connectivity index (χ0) is 11.1. The highest BCUT2D eigenvalue weighted by atomic mass is 32.2. The van der Waals surface area contributed by atoms with E-state index >= 15 is 0 Å². The van der Waals surface area contributed by atoms with Crippen molar-refractivity contribution in [1.82, 2.24) is 10.4 Å². The van der Waals surface area contributed by atoms with E-state index in [2.05, 4.69) is 21.8 Å². The molecule has 0 radical (unpaired) electrons. The van der Waals surface area contributed by atoms with Gasteiger partial charge in [0.15, 0.2) is 5.84 Å². The molecule has 0 aromatic heterocycles. The maximum absolute atomic E-state index is 11.1. The molecule has 0 aromatic carbocycles. The van der Waals surface area contributed by atoms with Gasteiger partial charge < -0.3 is 0 Å². The number of likely N-dealkylation sites (N-methyl/N-ethyl adjacent to an activating group) is 1. The first-order chi connectivity index (χ1) is 7.75. The van der Waals surface area contributed by atoms with E-state index < -0.39 is 11.3 Å². The zero-order valence-corrected chi connectivity index (χ0v) is 10.2. The van der Waals surface area contributed by atoms with Gasteiger partial charge in [-0.1, -0.05) is 12.8 Å². The lowest BCUT2D eigenvalue weighted by atomic mass is 9.85. The van der Waals surface area contributed by atoms with Gasteiger partial charge in [0.2, 0.25) is 0 Å². The number of hydrogen-bond donors (Lipinski definition) is 1. The molecule has 2 fully saturated rings. The molecule has 6 heteroatoms. The number of amidine groups is 1. The molecule has 90 valence electrons. The number of fused-ring (bicyclic) bond motifs is 1. The fraction of sp³-hybridized carbons (Fsp3) is 0.900. The van der Waals surface area contributed by atoms with Crippen molar-refractivity contribution >= 4 is 17.1 Å². The average Bonchev–Trinajstić information content (AvgIpc) is 2.84. The molecule has 0 amide bonds. The fourth-order valence-electron chi connectivity index (χ4n) is 3.31. The maximum Gasteiger partial charge on any atom is 0.309 e. The van der Waals surface area contributed by atoms with Gasteiger partial charge in [-0.05, 0) is 32.2 Å². The summed E-state index contributed by atoms with van der Waals surface area (Å²) in [4.78, 5) is 2.38. The SMILES string of the molecule is CN1[C@H](C2=NS(=O)ON2)C[C@@H]2CCCC[C@@H]21. The van der Waals surface area contributed by atoms with Gasteiger partial charge in [-0.3, -0.25) is 4.90 Å². The van der Waals surface area contributed by atoms with E-state index in [1.54, 1.807) is 0 Å². The number of hydroxylamine groups is 1. The van der Waals surface area contributed by atoms with E-state index in [1.807, 2.05) is 0 Å². The quantitative estimate of drug-likeness (QED) is 0.739. The first-order valence-electron chi connectivity index (χ1n) is 5.91. The highest BCUT2D eigenvalue weighted by Crippen LogP contribution is 2.39. The van der Waals surface area contributed by atoms with Crippen LogP contribution in [0.5, 0.6) is 0 Å². The van der Waals surface area contributed by atoms with Gasteiger partial charge in [0.25, 0.3) is 0 Å². The molecular formula is C10H17N3O2S. The Labute approximate surface area is 98.0 Å². The number of rotatable bonds is 1. The van der Waals surface area contributed by atoms with Crippen LogP contribution in [0, 0.1) is 5.92 Å². The van der Waals surface area contributed by atoms with E-state index in [9.17, 15) is 4.21 Å². The van der Waals surface area contributed by atoms with Crippen LogP contribution in [0.1, 0.15) is 32.1 Å². The van der Waals surface area contributed by atoms with Crippen molar-refractivity contribution in [2.45, 2.75) is 44.2 Å². The van der Waals surface area contributed by atoms with Crippen molar-refractivity contribution in [2.24, 2.45) is 10.3 Å². The second-order valence-electron chi connectivity index (χ2n) is 4.91. The largest absolute Gasteiger partial charge is 0.309 e. The van der Waals surface area contributed by atoms with Crippen LogP contribution in [-0.2, 0) is 15.6 Å². The van der Waals surface area contributed by atoms with Crippen molar-refractivity contribution in [1.29, 1.82) is 0 Å². The van der Waals surface area contributed by atoms with Crippen LogP contribution in [0.2, 0.25) is 0 Å². The Hall–Kier alpha value is -0.460. The standard InChI is InChI=1S/C10H17N3O2S/c1-13-8-5-3-2-4-7(8)6-9(13)10-11-15-16(14)12-10/h7-9H,2-6H2,1H3,(H,11,12)/t7-,8-,9-,16?/m0/s1. The predicted molar refractivity (Wildman–Crippen MR) is 61.7 cm³/mol. The summed E-state index contributed by atoms with van der Waals surface area (Å²) >= 11 is -1.52. The number of hydrogen-bond acceptors (Lipinski definition) is 4. The second-order valence-corrected chi connectivity index (χ2v) is 5.69. The molecule has 4 atom stereocenters. The lowest BCUT2D eigenvalue weighted by Gasteiger charge is -2.30. The number of nitrogens with one attached hydrogen (secondary N) is 1. The lowest BCUT2D eigenvalue weighted by molar-refractivity contribution is 0.199. The molecule has 1 unspecified atom stereocenters. The van der Waals surface area contributed by atoms with Gasteiger partial charge >= 0.3 is 11.3 Å². The summed E-state index contributed by atoms with van der Waals surface area (Å²) in [5.41, 5.74) is 2.70. The minimum Gasteiger partial charge on any atom is -0.293 e. The lowest BCUT2D eigenvalue weighted by Crippen LogP contribution is -2.42. The van der Waals surface area contributed by atoms with E-state index in [4.69, 9.17) is 4.28 Å². The Kier molecular flexibility index (Phi) is 2.73. The number of likely N-dealkylation sites (tertiary alicyclic amines) is 1. The molecule has 3 aliphatic rings. The second kappa shape index (κ2) is 4.09. The van der Waals surface area contributed by atoms with Crippen molar-refractivity contribution in [3.05, 3.63) is 0 Å². The third-order valence-corrected chi connectivity index (χ3v) is 4.69. The molecule has 2 aliphatic heterocycles. The van der Waals surface area contributed by atoms with E-state index in [0.717, 1.165) is 18.2 Å². The van der Waals surface area contributed by atoms with Gasteiger partial charge in [0.05, 0.1) is 6.04 Å². The molecule has 1 aliphatic carbocycles. The van der Waals surface area contributed by atoms with Crippen molar-refractivity contribution in [3.8, 4) is 0 Å². The Morgan fingerprint density at radius 3 is 3.00 bits per heavy atom. The molecule has 0 bridgehead atoms. The normalized spacial score (nSPS) is 43.9. The maximum atomic E-state index is 11.1. The van der Waals surface area contributed by atoms with Crippen LogP contribution in [-0.4, -0.2) is 34.1 Å². The zero-order valence-electron chi connectivity index (χ0n) is 9.39. The first-order valence-corrected chi connectivity index (χ1v) is 6.94. The summed E-state index contributed by atoms with van der Waals surface area (Å²) in [7, 11) is 2.14. The predicted octanol–water partition coefficient (Wildman–Crippen LogP) is 0.761. The molecule has 1 saturated heterocycles. The van der Waals surface area contributed by atoms with Gasteiger partial charge in [0.1, 0.15) is 0 Å². The minimum absolute atomic E-state index is 0.263.